The first-order chi connectivity index (χ1) is 23.6. The standard InChI is InChI=1S/C39H48N4O5S/c1-5-8-35-41-37-27(4)22-30(38(45)40-31(21-26(2)3)25-49-36(44)15-16-42-17-19-48-20-18-42)23-34(37)43(35)24-28-11-13-29(14-12-28)32-9-6-7-10-33(32)39(46)47/h6-7,9-14,22-23,26,31H,5,8,15-21,24-25H2,1-4H3,(H,40,45)(H,46,47)/t31-/m1/s1. The molecule has 10 heteroatoms. The largest absolute Gasteiger partial charge is 0.478 e. The molecule has 3 aromatic carbocycles. The minimum Gasteiger partial charge on any atom is -0.478 e. The van der Waals surface area contributed by atoms with Crippen molar-refractivity contribution in [2.75, 3.05) is 38.6 Å². The van der Waals surface area contributed by atoms with E-state index < -0.39 is 5.97 Å². The maximum atomic E-state index is 13.8. The number of carbonyl (C=O) groups excluding carboxylic acids is 2. The number of imidazole rings is 1. The maximum absolute atomic E-state index is 13.8. The van der Waals surface area contributed by atoms with Crippen LogP contribution in [0.3, 0.4) is 0 Å². The van der Waals surface area contributed by atoms with Crippen molar-refractivity contribution in [2.24, 2.45) is 5.92 Å². The molecule has 1 aliphatic heterocycles. The van der Waals surface area contributed by atoms with Gasteiger partial charge in [0, 0.05) is 56.4 Å². The summed E-state index contributed by atoms with van der Waals surface area (Å²) in [7, 11) is 0. The van der Waals surface area contributed by atoms with Crippen LogP contribution in [0.1, 0.15) is 77.7 Å². The summed E-state index contributed by atoms with van der Waals surface area (Å²) in [5.41, 5.74) is 6.14. The number of aryl methyl sites for hydroxylation is 2. The lowest BCUT2D eigenvalue weighted by Gasteiger charge is -2.26. The van der Waals surface area contributed by atoms with Gasteiger partial charge in [-0.05, 0) is 66.1 Å². The molecule has 1 aliphatic rings. The Morgan fingerprint density at radius 2 is 1.78 bits per heavy atom. The molecule has 2 N–H and O–H groups in total. The Hall–Kier alpha value is -3.99. The predicted octanol–water partition coefficient (Wildman–Crippen LogP) is 6.84. The van der Waals surface area contributed by atoms with Gasteiger partial charge < -0.3 is 19.7 Å². The fourth-order valence-corrected chi connectivity index (χ4v) is 7.24. The SMILES string of the molecule is CCCc1nc2c(C)cc(C(=O)N[C@@H](CSC(=O)CCN3CCOCC3)CC(C)C)cc2n1Cc1ccc(-c2ccccc2C(=O)O)cc1. The zero-order valence-corrected chi connectivity index (χ0v) is 29.9. The molecule has 0 bridgehead atoms. The first-order valence-corrected chi connectivity index (χ1v) is 18.3. The summed E-state index contributed by atoms with van der Waals surface area (Å²) < 4.78 is 7.60. The molecule has 0 aliphatic carbocycles. The molecular weight excluding hydrogens is 637 g/mol. The predicted molar refractivity (Wildman–Crippen MR) is 196 cm³/mol. The number of rotatable bonds is 15. The van der Waals surface area contributed by atoms with E-state index in [4.69, 9.17) is 9.72 Å². The summed E-state index contributed by atoms with van der Waals surface area (Å²) in [6, 6.07) is 18.7. The average Bonchev–Trinajstić information content (AvgIpc) is 3.43. The molecule has 260 valence electrons. The van der Waals surface area contributed by atoms with E-state index in [9.17, 15) is 19.5 Å². The summed E-state index contributed by atoms with van der Waals surface area (Å²) >= 11 is 1.32. The highest BCUT2D eigenvalue weighted by atomic mass is 32.2. The van der Waals surface area contributed by atoms with Gasteiger partial charge in [-0.3, -0.25) is 14.5 Å². The van der Waals surface area contributed by atoms with Crippen LogP contribution in [0, 0.1) is 12.8 Å². The lowest BCUT2D eigenvalue weighted by Crippen LogP contribution is -2.38. The minimum absolute atomic E-state index is 0.133. The quantitative estimate of drug-likeness (QED) is 0.140. The van der Waals surface area contributed by atoms with Crippen LogP contribution in [0.5, 0.6) is 0 Å². The van der Waals surface area contributed by atoms with Crippen molar-refractivity contribution in [1.29, 1.82) is 0 Å². The summed E-state index contributed by atoms with van der Waals surface area (Å²) in [6.07, 6.45) is 3.00. The number of amides is 1. The Morgan fingerprint density at radius 3 is 2.47 bits per heavy atom. The third-order valence-electron chi connectivity index (χ3n) is 8.90. The topological polar surface area (TPSA) is 114 Å². The third-order valence-corrected chi connectivity index (χ3v) is 9.99. The molecule has 0 radical (unpaired) electrons. The highest BCUT2D eigenvalue weighted by Gasteiger charge is 2.21. The number of hydrogen-bond donors (Lipinski definition) is 2. The Balaban J connectivity index is 1.33. The number of carbonyl (C=O) groups is 3. The highest BCUT2D eigenvalue weighted by Crippen LogP contribution is 2.27. The number of fused-ring (bicyclic) bond motifs is 1. The van der Waals surface area contributed by atoms with Gasteiger partial charge in [-0.15, -0.1) is 0 Å². The number of nitrogens with zero attached hydrogens (tertiary/aromatic N) is 3. The van der Waals surface area contributed by atoms with E-state index in [1.807, 2.05) is 55.5 Å². The summed E-state index contributed by atoms with van der Waals surface area (Å²) in [5, 5.41) is 13.0. The van der Waals surface area contributed by atoms with Gasteiger partial charge in [-0.1, -0.05) is 75.0 Å². The average molecular weight is 685 g/mol. The first-order valence-electron chi connectivity index (χ1n) is 17.3. The van der Waals surface area contributed by atoms with Gasteiger partial charge in [0.05, 0.1) is 29.8 Å². The van der Waals surface area contributed by atoms with Crippen LogP contribution >= 0.6 is 11.8 Å². The van der Waals surface area contributed by atoms with Crippen LogP contribution in [-0.2, 0) is 22.5 Å². The van der Waals surface area contributed by atoms with E-state index in [-0.39, 0.29) is 22.6 Å². The lowest BCUT2D eigenvalue weighted by atomic mass is 9.98. The second-order valence-corrected chi connectivity index (χ2v) is 14.3. The molecule has 1 fully saturated rings. The van der Waals surface area contributed by atoms with Crippen LogP contribution in [0.25, 0.3) is 22.2 Å². The first kappa shape index (κ1) is 36.3. The molecular formula is C39H48N4O5S. The molecule has 1 aromatic heterocycles. The van der Waals surface area contributed by atoms with E-state index in [0.717, 1.165) is 72.4 Å². The lowest BCUT2D eigenvalue weighted by molar-refractivity contribution is -0.111. The number of carboxylic acid groups (broad SMARTS) is 1. The number of thioether (sulfide) groups is 1. The van der Waals surface area contributed by atoms with Gasteiger partial charge >= 0.3 is 5.97 Å². The van der Waals surface area contributed by atoms with Crippen molar-refractivity contribution < 1.29 is 24.2 Å². The van der Waals surface area contributed by atoms with Crippen LogP contribution in [0.15, 0.2) is 60.7 Å². The smallest absolute Gasteiger partial charge is 0.336 e. The van der Waals surface area contributed by atoms with Gasteiger partial charge in [0.15, 0.2) is 5.12 Å². The molecule has 2 heterocycles. The Bertz CT molecular complexity index is 1760. The van der Waals surface area contributed by atoms with E-state index in [1.165, 1.54) is 11.8 Å². The van der Waals surface area contributed by atoms with Crippen LogP contribution in [-0.4, -0.2) is 81.2 Å². The Labute approximate surface area is 293 Å². The van der Waals surface area contributed by atoms with Crippen molar-refractivity contribution in [3.05, 3.63) is 88.7 Å². The van der Waals surface area contributed by atoms with Gasteiger partial charge in [-0.25, -0.2) is 9.78 Å². The monoisotopic (exact) mass is 684 g/mol. The number of nitrogens with one attached hydrogen (secondary N) is 1. The zero-order chi connectivity index (χ0) is 34.9. The zero-order valence-electron chi connectivity index (χ0n) is 29.0. The third kappa shape index (κ3) is 9.59. The van der Waals surface area contributed by atoms with Crippen LogP contribution in [0.2, 0.25) is 0 Å². The van der Waals surface area contributed by atoms with Crippen molar-refractivity contribution in [3.8, 4) is 11.1 Å². The van der Waals surface area contributed by atoms with E-state index in [0.29, 0.717) is 49.0 Å². The number of carboxylic acids is 1. The maximum Gasteiger partial charge on any atom is 0.336 e. The number of hydrogen-bond acceptors (Lipinski definition) is 7. The molecule has 4 aromatic rings. The second-order valence-electron chi connectivity index (χ2n) is 13.3. The number of aromatic carboxylic acids is 1. The molecule has 1 atom stereocenters. The van der Waals surface area contributed by atoms with Gasteiger partial charge in [0.2, 0.25) is 0 Å². The summed E-state index contributed by atoms with van der Waals surface area (Å²) in [5.74, 6) is 0.761. The second kappa shape index (κ2) is 17.1. The Morgan fingerprint density at radius 1 is 1.04 bits per heavy atom. The molecule has 0 unspecified atom stereocenters. The van der Waals surface area contributed by atoms with E-state index in [2.05, 4.69) is 35.6 Å². The fraction of sp³-hybridized carbons (Fsp3) is 0.436. The summed E-state index contributed by atoms with van der Waals surface area (Å²) in [4.78, 5) is 45.6. The highest BCUT2D eigenvalue weighted by molar-refractivity contribution is 8.13. The molecule has 9 nitrogen and oxygen atoms in total. The van der Waals surface area contributed by atoms with Crippen molar-refractivity contribution in [2.45, 2.75) is 66.0 Å². The van der Waals surface area contributed by atoms with Crippen molar-refractivity contribution in [1.82, 2.24) is 19.8 Å². The molecule has 1 saturated heterocycles. The van der Waals surface area contributed by atoms with Crippen molar-refractivity contribution >= 4 is 39.8 Å². The normalized spacial score (nSPS) is 14.3. The van der Waals surface area contributed by atoms with Crippen molar-refractivity contribution in [3.63, 3.8) is 0 Å². The van der Waals surface area contributed by atoms with Crippen LogP contribution < -0.4 is 5.32 Å². The number of aromatic nitrogens is 2. The Kier molecular flexibility index (Phi) is 12.7. The molecule has 1 amide bonds. The molecule has 49 heavy (non-hydrogen) atoms. The molecule has 0 spiro atoms. The van der Waals surface area contributed by atoms with E-state index >= 15 is 0 Å². The van der Waals surface area contributed by atoms with Gasteiger partial charge in [0.1, 0.15) is 5.82 Å². The van der Waals surface area contributed by atoms with Gasteiger partial charge in [0.25, 0.3) is 5.91 Å². The molecule has 0 saturated carbocycles. The number of morpholine rings is 1. The fourth-order valence-electron chi connectivity index (χ4n) is 6.40. The van der Waals surface area contributed by atoms with Gasteiger partial charge in [-0.2, -0.15) is 0 Å². The molecule has 5 rings (SSSR count). The number of benzene rings is 3. The van der Waals surface area contributed by atoms with E-state index in [1.54, 1.807) is 12.1 Å². The summed E-state index contributed by atoms with van der Waals surface area (Å²) in [6.45, 7) is 12.9. The minimum atomic E-state index is -0.953. The van der Waals surface area contributed by atoms with Crippen LogP contribution in [0.4, 0.5) is 0 Å². The number of ether oxygens (including phenoxy) is 1.